The fourth-order valence-electron chi connectivity index (χ4n) is 1.32. The molecule has 0 saturated carbocycles. The zero-order valence-corrected chi connectivity index (χ0v) is 10.2. The van der Waals surface area contributed by atoms with Crippen LogP contribution in [0.3, 0.4) is 0 Å². The normalized spacial score (nSPS) is 9.95. The van der Waals surface area contributed by atoms with Gasteiger partial charge in [0.25, 0.3) is 0 Å². The number of nitrogens with zero attached hydrogens (tertiary/aromatic N) is 2. The van der Waals surface area contributed by atoms with Crippen molar-refractivity contribution in [3.05, 3.63) is 30.5 Å². The van der Waals surface area contributed by atoms with Crippen LogP contribution in [0.4, 0.5) is 11.5 Å². The Hall–Kier alpha value is -2.77. The lowest BCUT2D eigenvalue weighted by Gasteiger charge is -2.11. The number of nitrogens with one attached hydrogen (secondary N) is 2. The number of carbonyl (C=O) groups is 1. The number of carbonyl (C=O) groups excluding carboxylic acids is 1. The van der Waals surface area contributed by atoms with Gasteiger partial charge in [-0.1, -0.05) is 0 Å². The monoisotopic (exact) mass is 263 g/mol. The highest BCUT2D eigenvalue weighted by Gasteiger charge is 2.11. The molecule has 0 aliphatic rings. The Labute approximate surface area is 109 Å². The fraction of sp³-hybridized carbons (Fsp3) is 0.182. The minimum Gasteiger partial charge on any atom is -0.476 e. The minimum atomic E-state index is -0.444. The van der Waals surface area contributed by atoms with E-state index in [1.165, 1.54) is 18.7 Å². The third-order valence-electron chi connectivity index (χ3n) is 2.17. The summed E-state index contributed by atoms with van der Waals surface area (Å²) in [5.74, 6) is 0.233. The number of rotatable bonds is 5. The van der Waals surface area contributed by atoms with Gasteiger partial charge in [0, 0.05) is 0 Å². The number of anilines is 2. The SMILES string of the molecule is CCOc1ncnc(NNC(=O)c2ccco2)c1N. The van der Waals surface area contributed by atoms with Gasteiger partial charge in [0.1, 0.15) is 12.0 Å². The molecule has 0 aliphatic heterocycles. The van der Waals surface area contributed by atoms with Gasteiger partial charge in [-0.15, -0.1) is 0 Å². The Morgan fingerprint density at radius 2 is 2.37 bits per heavy atom. The molecule has 0 fully saturated rings. The summed E-state index contributed by atoms with van der Waals surface area (Å²) in [6, 6.07) is 3.15. The molecule has 8 nitrogen and oxygen atoms in total. The van der Waals surface area contributed by atoms with Gasteiger partial charge in [-0.05, 0) is 19.1 Å². The van der Waals surface area contributed by atoms with Crippen LogP contribution in [0, 0.1) is 0 Å². The molecular weight excluding hydrogens is 250 g/mol. The third kappa shape index (κ3) is 2.92. The summed E-state index contributed by atoms with van der Waals surface area (Å²) >= 11 is 0. The first-order chi connectivity index (χ1) is 9.22. The molecule has 0 atom stereocenters. The number of nitrogen functional groups attached to an aromatic ring is 1. The Morgan fingerprint density at radius 1 is 1.53 bits per heavy atom. The van der Waals surface area contributed by atoms with Gasteiger partial charge in [0.05, 0.1) is 12.9 Å². The predicted octanol–water partition coefficient (Wildman–Crippen LogP) is 0.807. The van der Waals surface area contributed by atoms with E-state index >= 15 is 0 Å². The average molecular weight is 263 g/mol. The molecule has 0 aliphatic carbocycles. The summed E-state index contributed by atoms with van der Waals surface area (Å²) in [4.78, 5) is 19.4. The van der Waals surface area contributed by atoms with Crippen LogP contribution >= 0.6 is 0 Å². The molecule has 2 aromatic rings. The van der Waals surface area contributed by atoms with E-state index in [-0.39, 0.29) is 23.1 Å². The number of hydrogen-bond donors (Lipinski definition) is 3. The number of furan rings is 1. The summed E-state index contributed by atoms with van der Waals surface area (Å²) in [7, 11) is 0. The summed E-state index contributed by atoms with van der Waals surface area (Å²) < 4.78 is 10.1. The van der Waals surface area contributed by atoms with Crippen molar-refractivity contribution in [2.45, 2.75) is 6.92 Å². The van der Waals surface area contributed by atoms with Crippen molar-refractivity contribution in [1.29, 1.82) is 0 Å². The van der Waals surface area contributed by atoms with E-state index < -0.39 is 5.91 Å². The van der Waals surface area contributed by atoms with E-state index in [4.69, 9.17) is 14.9 Å². The Morgan fingerprint density at radius 3 is 3.05 bits per heavy atom. The van der Waals surface area contributed by atoms with Crippen molar-refractivity contribution in [3.8, 4) is 5.88 Å². The average Bonchev–Trinajstić information content (AvgIpc) is 2.94. The second-order valence-electron chi connectivity index (χ2n) is 3.43. The molecule has 0 spiro atoms. The maximum absolute atomic E-state index is 11.6. The molecule has 8 heteroatoms. The molecule has 4 N–H and O–H groups in total. The quantitative estimate of drug-likeness (QED) is 0.683. The maximum Gasteiger partial charge on any atom is 0.305 e. The van der Waals surface area contributed by atoms with Crippen LogP contribution in [0.2, 0.25) is 0 Å². The van der Waals surface area contributed by atoms with Crippen molar-refractivity contribution >= 4 is 17.4 Å². The lowest BCUT2D eigenvalue weighted by molar-refractivity contribution is 0.0935. The molecule has 19 heavy (non-hydrogen) atoms. The molecule has 0 radical (unpaired) electrons. The van der Waals surface area contributed by atoms with Crippen LogP contribution in [-0.4, -0.2) is 22.5 Å². The summed E-state index contributed by atoms with van der Waals surface area (Å²) in [5.41, 5.74) is 11.0. The standard InChI is InChI=1S/C11H13N5O3/c1-2-18-11-8(12)9(13-6-14-11)15-16-10(17)7-4-3-5-19-7/h3-6H,2,12H2,1H3,(H,16,17)(H,13,14,15). The van der Waals surface area contributed by atoms with Gasteiger partial charge in [-0.2, -0.15) is 4.98 Å². The molecule has 0 saturated heterocycles. The Balaban J connectivity index is 2.03. The van der Waals surface area contributed by atoms with Gasteiger partial charge in [-0.3, -0.25) is 15.6 Å². The minimum absolute atomic E-state index is 0.171. The van der Waals surface area contributed by atoms with Crippen LogP contribution in [0.15, 0.2) is 29.1 Å². The van der Waals surface area contributed by atoms with Crippen LogP contribution in [0.1, 0.15) is 17.5 Å². The van der Waals surface area contributed by atoms with Crippen molar-refractivity contribution in [3.63, 3.8) is 0 Å². The topological polar surface area (TPSA) is 115 Å². The molecule has 0 unspecified atom stereocenters. The molecule has 2 aromatic heterocycles. The summed E-state index contributed by atoms with van der Waals surface area (Å²) in [6.07, 6.45) is 2.68. The van der Waals surface area contributed by atoms with E-state index in [9.17, 15) is 4.79 Å². The molecule has 0 bridgehead atoms. The number of nitrogens with two attached hydrogens (primary N) is 1. The van der Waals surface area contributed by atoms with E-state index in [0.717, 1.165) is 0 Å². The van der Waals surface area contributed by atoms with E-state index in [0.29, 0.717) is 6.61 Å². The molecular formula is C11H13N5O3. The lowest BCUT2D eigenvalue weighted by Crippen LogP contribution is -2.30. The second kappa shape index (κ2) is 5.71. The lowest BCUT2D eigenvalue weighted by atomic mass is 10.4. The molecule has 1 amide bonds. The van der Waals surface area contributed by atoms with Crippen molar-refractivity contribution in [2.75, 3.05) is 17.8 Å². The first-order valence-electron chi connectivity index (χ1n) is 5.55. The van der Waals surface area contributed by atoms with E-state index in [1.54, 1.807) is 6.07 Å². The zero-order chi connectivity index (χ0) is 13.7. The van der Waals surface area contributed by atoms with Gasteiger partial charge in [-0.25, -0.2) is 4.98 Å². The van der Waals surface area contributed by atoms with Gasteiger partial charge < -0.3 is 14.9 Å². The largest absolute Gasteiger partial charge is 0.476 e. The van der Waals surface area contributed by atoms with Gasteiger partial charge in [0.15, 0.2) is 11.6 Å². The molecule has 2 rings (SSSR count). The second-order valence-corrected chi connectivity index (χ2v) is 3.43. The smallest absolute Gasteiger partial charge is 0.305 e. The van der Waals surface area contributed by atoms with Crippen LogP contribution in [0.5, 0.6) is 5.88 Å². The van der Waals surface area contributed by atoms with Crippen molar-refractivity contribution < 1.29 is 13.9 Å². The van der Waals surface area contributed by atoms with Gasteiger partial charge >= 0.3 is 5.91 Å². The molecule has 0 aromatic carbocycles. The van der Waals surface area contributed by atoms with Crippen molar-refractivity contribution in [2.24, 2.45) is 0 Å². The van der Waals surface area contributed by atoms with E-state index in [2.05, 4.69) is 20.8 Å². The highest BCUT2D eigenvalue weighted by Crippen LogP contribution is 2.23. The predicted molar refractivity (Wildman–Crippen MR) is 67.4 cm³/mol. The summed E-state index contributed by atoms with van der Waals surface area (Å²) in [6.45, 7) is 2.24. The van der Waals surface area contributed by atoms with Crippen molar-refractivity contribution in [1.82, 2.24) is 15.4 Å². The molecule has 2 heterocycles. The fourth-order valence-corrected chi connectivity index (χ4v) is 1.32. The number of ether oxygens (including phenoxy) is 1. The zero-order valence-electron chi connectivity index (χ0n) is 10.2. The Bertz CT molecular complexity index is 555. The molecule has 100 valence electrons. The number of aromatic nitrogens is 2. The van der Waals surface area contributed by atoms with Crippen LogP contribution in [-0.2, 0) is 0 Å². The first-order valence-corrected chi connectivity index (χ1v) is 5.55. The number of hydrazine groups is 1. The third-order valence-corrected chi connectivity index (χ3v) is 2.17. The number of amides is 1. The van der Waals surface area contributed by atoms with Gasteiger partial charge in [0.2, 0.25) is 5.88 Å². The number of hydrogen-bond acceptors (Lipinski definition) is 7. The highest BCUT2D eigenvalue weighted by molar-refractivity contribution is 5.92. The van der Waals surface area contributed by atoms with Crippen LogP contribution in [0.25, 0.3) is 0 Å². The summed E-state index contributed by atoms with van der Waals surface area (Å²) in [5, 5.41) is 0. The highest BCUT2D eigenvalue weighted by atomic mass is 16.5. The maximum atomic E-state index is 11.6. The first kappa shape index (κ1) is 12.7. The van der Waals surface area contributed by atoms with Crippen LogP contribution < -0.4 is 21.3 Å². The Kier molecular flexibility index (Phi) is 3.81. The van der Waals surface area contributed by atoms with E-state index in [1.807, 2.05) is 6.92 Å².